The summed E-state index contributed by atoms with van der Waals surface area (Å²) in [6, 6.07) is 113. The lowest BCUT2D eigenvalue weighted by atomic mass is 9.70. The van der Waals surface area contributed by atoms with Crippen molar-refractivity contribution in [2.24, 2.45) is 0 Å². The molecule has 1 atom stereocenters. The summed E-state index contributed by atoms with van der Waals surface area (Å²) in [6.07, 6.45) is 2.06. The van der Waals surface area contributed by atoms with Crippen LogP contribution in [0.1, 0.15) is 76.3 Å². The Morgan fingerprint density at radius 2 is 0.908 bits per heavy atom. The first-order chi connectivity index (χ1) is 42.9. The Kier molecular flexibility index (Phi) is 10.9. The van der Waals surface area contributed by atoms with E-state index in [0.717, 1.165) is 35.5 Å². The van der Waals surface area contributed by atoms with Gasteiger partial charge in [0.2, 0.25) is 0 Å². The lowest BCUT2D eigenvalue weighted by Crippen LogP contribution is -2.26. The Bertz CT molecular complexity index is 5110. The SMILES string of the molecule is CC1(C)c2ccccc2-c2cc3c4cc(-c5cccc(-c6cccc(N(c7ccc8c(c7)-c7ccccc7CCC8c7ccccc7)c7cccc8c7-c7ccccc7C87c8ccccc8-c8ccccc87)c6)c5)ccc4n(-c4ccccc4)c3cc21. The second kappa shape index (κ2) is 19.0. The molecule has 4 aliphatic carbocycles. The molecule has 0 amide bonds. The van der Waals surface area contributed by atoms with Gasteiger partial charge in [-0.1, -0.05) is 238 Å². The molecule has 2 nitrogen and oxygen atoms in total. The zero-order chi connectivity index (χ0) is 57.5. The summed E-state index contributed by atoms with van der Waals surface area (Å²) in [4.78, 5) is 2.58. The fourth-order valence-corrected chi connectivity index (χ4v) is 16.4. The van der Waals surface area contributed by atoms with Crippen molar-refractivity contribution in [3.63, 3.8) is 0 Å². The number of para-hydroxylation sites is 1. The Morgan fingerprint density at radius 3 is 1.64 bits per heavy atom. The molecule has 1 spiro atoms. The summed E-state index contributed by atoms with van der Waals surface area (Å²) < 4.78 is 2.47. The quantitative estimate of drug-likeness (QED) is 0.154. The standard InChI is InChI=1S/C85H60N2/c1-84(2)74-36-15-11-34-68(74)71-52-73-72-50-59(43-47-80(72)87(82(73)53-79(71)84)60-28-7-4-8-29-60)57-26-19-25-56(48-57)58-27-20-30-61(49-58)86(62-44-46-65-64(54-22-5-3-6-23-54)45-42-55-24-9-10-31-63(55)70(65)51-62)81-41-21-40-78-83(81)69-35-14-18-39-77(69)85(78)75-37-16-12-32-66(75)67-33-13-17-38-76(67)85/h3-41,43-44,46-53,64H,42,45H2,1-2H3. The predicted molar refractivity (Wildman–Crippen MR) is 362 cm³/mol. The first-order valence-electron chi connectivity index (χ1n) is 30.9. The average molecular weight is 1110 g/mol. The lowest BCUT2D eigenvalue weighted by Gasteiger charge is -2.32. The molecule has 0 saturated heterocycles. The predicted octanol–water partition coefficient (Wildman–Crippen LogP) is 22.0. The first kappa shape index (κ1) is 49.8. The molecule has 1 unspecified atom stereocenters. The third-order valence-electron chi connectivity index (χ3n) is 20.2. The van der Waals surface area contributed by atoms with Crippen molar-refractivity contribution in [1.29, 1.82) is 0 Å². The number of aryl methyl sites for hydroxylation is 1. The van der Waals surface area contributed by atoms with Crippen molar-refractivity contribution >= 4 is 38.9 Å². The molecule has 13 aromatic carbocycles. The normalized spacial score (nSPS) is 15.0. The van der Waals surface area contributed by atoms with Gasteiger partial charge in [0, 0.05) is 44.7 Å². The maximum atomic E-state index is 2.58. The van der Waals surface area contributed by atoms with Gasteiger partial charge in [-0.3, -0.25) is 0 Å². The monoisotopic (exact) mass is 1110 g/mol. The van der Waals surface area contributed by atoms with E-state index in [1.54, 1.807) is 0 Å². The van der Waals surface area contributed by atoms with Crippen LogP contribution in [0.2, 0.25) is 0 Å². The highest BCUT2D eigenvalue weighted by Crippen LogP contribution is 2.65. The molecule has 1 aromatic heterocycles. The van der Waals surface area contributed by atoms with Gasteiger partial charge in [0.1, 0.15) is 0 Å². The van der Waals surface area contributed by atoms with Crippen LogP contribution in [0.4, 0.5) is 17.1 Å². The topological polar surface area (TPSA) is 8.17 Å². The summed E-state index contributed by atoms with van der Waals surface area (Å²) in [5, 5.41) is 2.52. The van der Waals surface area contributed by atoms with E-state index in [1.165, 1.54) is 139 Å². The molecular weight excluding hydrogens is 1050 g/mol. The van der Waals surface area contributed by atoms with E-state index in [9.17, 15) is 0 Å². The summed E-state index contributed by atoms with van der Waals surface area (Å²) in [5.74, 6) is 0.260. The number of benzene rings is 13. The maximum Gasteiger partial charge on any atom is 0.0726 e. The number of hydrogen-bond donors (Lipinski definition) is 0. The second-order valence-corrected chi connectivity index (χ2v) is 25.0. The highest BCUT2D eigenvalue weighted by molar-refractivity contribution is 6.13. The van der Waals surface area contributed by atoms with Crippen molar-refractivity contribution in [1.82, 2.24) is 4.57 Å². The molecule has 410 valence electrons. The molecule has 14 aromatic rings. The molecule has 0 aliphatic heterocycles. The number of aromatic nitrogens is 1. The van der Waals surface area contributed by atoms with Crippen LogP contribution in [0, 0.1) is 0 Å². The van der Waals surface area contributed by atoms with Crippen LogP contribution >= 0.6 is 0 Å². The van der Waals surface area contributed by atoms with Gasteiger partial charge in [-0.25, -0.2) is 0 Å². The summed E-state index contributed by atoms with van der Waals surface area (Å²) in [6.45, 7) is 4.76. The molecule has 0 N–H and O–H groups in total. The molecule has 1 heterocycles. The van der Waals surface area contributed by atoms with Gasteiger partial charge in [0.15, 0.2) is 0 Å². The van der Waals surface area contributed by atoms with Gasteiger partial charge in [0.25, 0.3) is 0 Å². The highest BCUT2D eigenvalue weighted by Gasteiger charge is 2.52. The zero-order valence-corrected chi connectivity index (χ0v) is 48.7. The Morgan fingerprint density at radius 1 is 0.356 bits per heavy atom. The molecule has 18 rings (SSSR count). The zero-order valence-electron chi connectivity index (χ0n) is 48.7. The van der Waals surface area contributed by atoms with E-state index in [2.05, 4.69) is 321 Å². The van der Waals surface area contributed by atoms with E-state index in [-0.39, 0.29) is 11.3 Å². The number of rotatable bonds is 7. The third kappa shape index (κ3) is 7.22. The van der Waals surface area contributed by atoms with Gasteiger partial charge in [-0.2, -0.15) is 0 Å². The van der Waals surface area contributed by atoms with Gasteiger partial charge < -0.3 is 9.47 Å². The van der Waals surface area contributed by atoms with Crippen LogP contribution in [0.15, 0.2) is 297 Å². The minimum atomic E-state index is -0.486. The van der Waals surface area contributed by atoms with Crippen LogP contribution in [-0.2, 0) is 17.3 Å². The third-order valence-corrected chi connectivity index (χ3v) is 20.2. The van der Waals surface area contributed by atoms with Gasteiger partial charge in [0.05, 0.1) is 22.1 Å². The van der Waals surface area contributed by atoms with Crippen LogP contribution in [-0.4, -0.2) is 4.57 Å². The van der Waals surface area contributed by atoms with E-state index in [1.807, 2.05) is 0 Å². The molecule has 0 fully saturated rings. The molecule has 0 saturated carbocycles. The first-order valence-corrected chi connectivity index (χ1v) is 30.9. The average Bonchev–Trinajstić information content (AvgIpc) is 1.52. The van der Waals surface area contributed by atoms with Crippen LogP contribution < -0.4 is 4.90 Å². The van der Waals surface area contributed by atoms with Gasteiger partial charge >= 0.3 is 0 Å². The van der Waals surface area contributed by atoms with Gasteiger partial charge in [-0.15, -0.1) is 0 Å². The second-order valence-electron chi connectivity index (χ2n) is 25.0. The molecule has 2 heteroatoms. The van der Waals surface area contributed by atoms with E-state index in [0.29, 0.717) is 0 Å². The molecule has 87 heavy (non-hydrogen) atoms. The summed E-state index contributed by atoms with van der Waals surface area (Å²) >= 11 is 0. The summed E-state index contributed by atoms with van der Waals surface area (Å²) in [5.41, 5.74) is 33.8. The van der Waals surface area contributed by atoms with Crippen molar-refractivity contribution < 1.29 is 0 Å². The fraction of sp³-hybridized carbons (Fsp3) is 0.0824. The molecule has 0 bridgehead atoms. The fourth-order valence-electron chi connectivity index (χ4n) is 16.4. The van der Waals surface area contributed by atoms with Crippen LogP contribution in [0.25, 0.3) is 94.3 Å². The van der Waals surface area contributed by atoms with Crippen molar-refractivity contribution in [3.8, 4) is 72.4 Å². The largest absolute Gasteiger partial charge is 0.310 e. The highest BCUT2D eigenvalue weighted by atomic mass is 15.1. The summed E-state index contributed by atoms with van der Waals surface area (Å²) in [7, 11) is 0. The Hall–Kier alpha value is -10.5. The van der Waals surface area contributed by atoms with Crippen LogP contribution in [0.5, 0.6) is 0 Å². The van der Waals surface area contributed by atoms with E-state index in [4.69, 9.17) is 0 Å². The minimum absolute atomic E-state index is 0.110. The number of fused-ring (bicyclic) bond motifs is 19. The lowest BCUT2D eigenvalue weighted by molar-refractivity contribution is 0.661. The number of hydrogen-bond acceptors (Lipinski definition) is 1. The molecular formula is C85H60N2. The van der Waals surface area contributed by atoms with Crippen molar-refractivity contribution in [3.05, 3.63) is 347 Å². The number of anilines is 3. The van der Waals surface area contributed by atoms with Crippen LogP contribution in [0.3, 0.4) is 0 Å². The molecule has 4 aliphatic rings. The van der Waals surface area contributed by atoms with Crippen molar-refractivity contribution in [2.45, 2.75) is 43.4 Å². The Labute approximate surface area is 508 Å². The minimum Gasteiger partial charge on any atom is -0.310 e. The number of nitrogens with zero attached hydrogens (tertiary/aromatic N) is 2. The Balaban J connectivity index is 0.823. The molecule has 0 radical (unpaired) electrons. The smallest absolute Gasteiger partial charge is 0.0726 e. The van der Waals surface area contributed by atoms with E-state index < -0.39 is 5.41 Å². The van der Waals surface area contributed by atoms with Crippen molar-refractivity contribution in [2.75, 3.05) is 4.90 Å². The van der Waals surface area contributed by atoms with E-state index >= 15 is 0 Å². The van der Waals surface area contributed by atoms with Gasteiger partial charge in [-0.05, 0) is 197 Å². The maximum absolute atomic E-state index is 2.58.